The number of carbonyl (C=O) groups is 2. The van der Waals surface area contributed by atoms with Gasteiger partial charge in [0.2, 0.25) is 0 Å². The number of methoxy groups -OCH3 is 1. The third kappa shape index (κ3) is 2.50. The second-order valence-corrected chi connectivity index (χ2v) is 6.00. The Morgan fingerprint density at radius 3 is 2.91 bits per heavy atom. The first-order valence-corrected chi connectivity index (χ1v) is 7.79. The summed E-state index contributed by atoms with van der Waals surface area (Å²) in [5.74, 6) is 0.611. The zero-order valence-corrected chi connectivity index (χ0v) is 13.6. The number of esters is 1. The van der Waals surface area contributed by atoms with Crippen LogP contribution in [0.2, 0.25) is 0 Å². The molecule has 0 spiro atoms. The SMILES string of the molecule is COc1c2c(c(C=O)c3c(COC(C)=O)coc13)C(C)CCC2. The van der Waals surface area contributed by atoms with Crippen LogP contribution < -0.4 is 4.74 Å². The molecule has 1 aliphatic carbocycles. The second kappa shape index (κ2) is 6.07. The standard InChI is InChI=1S/C18H20O5/c1-10-5-4-6-13-15(10)14(7-19)16-12(8-22-11(2)20)9-23-18(16)17(13)21-3/h7,9-10H,4-6,8H2,1-3H3. The van der Waals surface area contributed by atoms with Gasteiger partial charge in [0.05, 0.1) is 13.4 Å². The van der Waals surface area contributed by atoms with E-state index in [1.165, 1.54) is 6.92 Å². The maximum atomic E-state index is 11.8. The van der Waals surface area contributed by atoms with Crippen molar-refractivity contribution < 1.29 is 23.5 Å². The zero-order chi connectivity index (χ0) is 16.6. The molecule has 1 aliphatic rings. The van der Waals surface area contributed by atoms with Gasteiger partial charge in [0.15, 0.2) is 17.6 Å². The average Bonchev–Trinajstić information content (AvgIpc) is 2.94. The lowest BCUT2D eigenvalue weighted by Gasteiger charge is -2.26. The van der Waals surface area contributed by atoms with E-state index in [9.17, 15) is 9.59 Å². The summed E-state index contributed by atoms with van der Waals surface area (Å²) < 4.78 is 16.3. The van der Waals surface area contributed by atoms with E-state index in [4.69, 9.17) is 13.9 Å². The molecular weight excluding hydrogens is 296 g/mol. The summed E-state index contributed by atoms with van der Waals surface area (Å²) in [5, 5.41) is 0.700. The predicted molar refractivity (Wildman–Crippen MR) is 85.0 cm³/mol. The predicted octanol–water partition coefficient (Wildman–Crippen LogP) is 3.76. The molecule has 5 heteroatoms. The maximum Gasteiger partial charge on any atom is 0.302 e. The van der Waals surface area contributed by atoms with E-state index in [1.807, 2.05) is 0 Å². The van der Waals surface area contributed by atoms with Crippen LogP contribution in [0, 0.1) is 0 Å². The number of hydrogen-bond donors (Lipinski definition) is 0. The molecule has 0 radical (unpaired) electrons. The van der Waals surface area contributed by atoms with E-state index >= 15 is 0 Å². The van der Waals surface area contributed by atoms with Crippen molar-refractivity contribution in [3.05, 3.63) is 28.5 Å². The lowest BCUT2D eigenvalue weighted by molar-refractivity contribution is -0.142. The van der Waals surface area contributed by atoms with Crippen LogP contribution in [0.25, 0.3) is 11.0 Å². The van der Waals surface area contributed by atoms with Crippen LogP contribution in [0.4, 0.5) is 0 Å². The van der Waals surface area contributed by atoms with Gasteiger partial charge in [0.25, 0.3) is 0 Å². The fraction of sp³-hybridized carbons (Fsp3) is 0.444. The topological polar surface area (TPSA) is 65.7 Å². The molecule has 0 amide bonds. The highest BCUT2D eigenvalue weighted by molar-refractivity contribution is 6.03. The summed E-state index contributed by atoms with van der Waals surface area (Å²) in [5.41, 5.74) is 4.00. The largest absolute Gasteiger partial charge is 0.493 e. The fourth-order valence-corrected chi connectivity index (χ4v) is 3.58. The van der Waals surface area contributed by atoms with Crippen molar-refractivity contribution >= 4 is 23.2 Å². The third-order valence-electron chi connectivity index (χ3n) is 4.54. The van der Waals surface area contributed by atoms with Crippen molar-refractivity contribution in [2.75, 3.05) is 7.11 Å². The Kier molecular flexibility index (Phi) is 4.11. The molecule has 1 aromatic heterocycles. The van der Waals surface area contributed by atoms with Gasteiger partial charge in [-0.2, -0.15) is 0 Å². The summed E-state index contributed by atoms with van der Waals surface area (Å²) in [6.07, 6.45) is 5.41. The highest BCUT2D eigenvalue weighted by Crippen LogP contribution is 2.45. The Morgan fingerprint density at radius 1 is 1.48 bits per heavy atom. The molecule has 2 aromatic rings. The van der Waals surface area contributed by atoms with Crippen molar-refractivity contribution in [3.8, 4) is 5.75 Å². The molecule has 1 unspecified atom stereocenters. The van der Waals surface area contributed by atoms with Crippen LogP contribution in [0.15, 0.2) is 10.7 Å². The van der Waals surface area contributed by atoms with E-state index in [0.717, 1.165) is 36.7 Å². The number of furan rings is 1. The van der Waals surface area contributed by atoms with Crippen LogP contribution in [0.3, 0.4) is 0 Å². The van der Waals surface area contributed by atoms with Gasteiger partial charge in [0.1, 0.15) is 6.61 Å². The quantitative estimate of drug-likeness (QED) is 0.635. The first-order chi connectivity index (χ1) is 11.1. The van der Waals surface area contributed by atoms with Crippen molar-refractivity contribution in [3.63, 3.8) is 0 Å². The number of carbonyl (C=O) groups excluding carboxylic acids is 2. The molecule has 1 aromatic carbocycles. The fourth-order valence-electron chi connectivity index (χ4n) is 3.58. The second-order valence-electron chi connectivity index (χ2n) is 6.00. The summed E-state index contributed by atoms with van der Waals surface area (Å²) in [7, 11) is 1.61. The maximum absolute atomic E-state index is 11.8. The normalized spacial score (nSPS) is 16.9. The van der Waals surface area contributed by atoms with Crippen LogP contribution in [0.1, 0.15) is 59.7 Å². The molecule has 5 nitrogen and oxygen atoms in total. The third-order valence-corrected chi connectivity index (χ3v) is 4.54. The zero-order valence-electron chi connectivity index (χ0n) is 13.6. The van der Waals surface area contributed by atoms with Crippen molar-refractivity contribution in [1.29, 1.82) is 0 Å². The molecule has 1 heterocycles. The number of ether oxygens (including phenoxy) is 2. The van der Waals surface area contributed by atoms with Crippen molar-refractivity contribution in [1.82, 2.24) is 0 Å². The Morgan fingerprint density at radius 2 is 2.26 bits per heavy atom. The van der Waals surface area contributed by atoms with E-state index in [0.29, 0.717) is 27.8 Å². The highest BCUT2D eigenvalue weighted by Gasteiger charge is 2.29. The molecule has 0 aliphatic heterocycles. The highest BCUT2D eigenvalue weighted by atomic mass is 16.5. The van der Waals surface area contributed by atoms with Crippen molar-refractivity contribution in [2.24, 2.45) is 0 Å². The molecule has 0 N–H and O–H groups in total. The van der Waals surface area contributed by atoms with E-state index in [2.05, 4.69) is 6.92 Å². The Bertz CT molecular complexity index is 772. The molecule has 23 heavy (non-hydrogen) atoms. The number of aldehydes is 1. The van der Waals surface area contributed by atoms with Gasteiger partial charge in [-0.25, -0.2) is 0 Å². The molecular formula is C18H20O5. The molecule has 0 fully saturated rings. The van der Waals surface area contributed by atoms with Gasteiger partial charge < -0.3 is 13.9 Å². The molecule has 0 saturated heterocycles. The van der Waals surface area contributed by atoms with Gasteiger partial charge >= 0.3 is 5.97 Å². The Hall–Kier alpha value is -2.30. The Balaban J connectivity index is 2.29. The molecule has 1 atom stereocenters. The smallest absolute Gasteiger partial charge is 0.302 e. The molecule has 0 saturated carbocycles. The number of rotatable bonds is 4. The summed E-state index contributed by atoms with van der Waals surface area (Å²) in [6.45, 7) is 3.56. The summed E-state index contributed by atoms with van der Waals surface area (Å²) >= 11 is 0. The lowest BCUT2D eigenvalue weighted by Crippen LogP contribution is -2.13. The minimum absolute atomic E-state index is 0.0828. The monoisotopic (exact) mass is 316 g/mol. The van der Waals surface area contributed by atoms with Gasteiger partial charge in [0, 0.05) is 29.0 Å². The van der Waals surface area contributed by atoms with E-state index in [-0.39, 0.29) is 18.5 Å². The summed E-state index contributed by atoms with van der Waals surface area (Å²) in [6, 6.07) is 0. The van der Waals surface area contributed by atoms with Crippen LogP contribution in [-0.4, -0.2) is 19.4 Å². The number of benzene rings is 1. The van der Waals surface area contributed by atoms with Crippen LogP contribution in [0.5, 0.6) is 5.75 Å². The molecule has 3 rings (SSSR count). The number of hydrogen-bond acceptors (Lipinski definition) is 5. The number of fused-ring (bicyclic) bond motifs is 2. The molecule has 0 bridgehead atoms. The van der Waals surface area contributed by atoms with E-state index < -0.39 is 0 Å². The lowest BCUT2D eigenvalue weighted by atomic mass is 9.79. The van der Waals surface area contributed by atoms with Gasteiger partial charge in [-0.05, 0) is 30.7 Å². The average molecular weight is 316 g/mol. The first kappa shape index (κ1) is 15.6. The molecule has 122 valence electrons. The minimum atomic E-state index is -0.370. The minimum Gasteiger partial charge on any atom is -0.493 e. The van der Waals surface area contributed by atoms with E-state index in [1.54, 1.807) is 13.4 Å². The van der Waals surface area contributed by atoms with Crippen LogP contribution in [-0.2, 0) is 22.6 Å². The van der Waals surface area contributed by atoms with Crippen molar-refractivity contribution in [2.45, 2.75) is 45.6 Å². The Labute approximate surface area is 134 Å². The van der Waals surface area contributed by atoms with Crippen LogP contribution >= 0.6 is 0 Å². The van der Waals surface area contributed by atoms with Gasteiger partial charge in [-0.1, -0.05) is 6.92 Å². The van der Waals surface area contributed by atoms with Gasteiger partial charge in [-0.3, -0.25) is 9.59 Å². The first-order valence-electron chi connectivity index (χ1n) is 7.79. The summed E-state index contributed by atoms with van der Waals surface area (Å²) in [4.78, 5) is 22.9. The van der Waals surface area contributed by atoms with Gasteiger partial charge in [-0.15, -0.1) is 0 Å².